The molecule has 0 saturated carbocycles. The van der Waals surface area contributed by atoms with Crippen LogP contribution in [0.2, 0.25) is 0 Å². The molecule has 2 rings (SSSR count). The van der Waals surface area contributed by atoms with Crippen LogP contribution in [0.25, 0.3) is 0 Å². The normalized spacial score (nSPS) is 19.8. The smallest absolute Gasteiger partial charge is 0.228 e. The van der Waals surface area contributed by atoms with Crippen LogP contribution in [-0.2, 0) is 4.79 Å². The van der Waals surface area contributed by atoms with Crippen LogP contribution in [-0.4, -0.2) is 29.9 Å². The molecule has 0 aliphatic carbocycles. The molecule has 1 aromatic heterocycles. The summed E-state index contributed by atoms with van der Waals surface area (Å²) in [6, 6.07) is 1.82. The van der Waals surface area contributed by atoms with Crippen LogP contribution in [0.1, 0.15) is 6.42 Å². The number of rotatable bonds is 3. The van der Waals surface area contributed by atoms with Crippen molar-refractivity contribution in [2.24, 2.45) is 5.92 Å². The van der Waals surface area contributed by atoms with Gasteiger partial charge in [-0.1, -0.05) is 15.9 Å². The Labute approximate surface area is 117 Å². The molecule has 1 aliphatic rings. The summed E-state index contributed by atoms with van der Waals surface area (Å²) >= 11 is 6.75. The fourth-order valence-corrected chi connectivity index (χ4v) is 2.60. The van der Waals surface area contributed by atoms with Gasteiger partial charge in [-0.2, -0.15) is 0 Å². The molecule has 1 aromatic rings. The van der Waals surface area contributed by atoms with Gasteiger partial charge < -0.3 is 4.74 Å². The van der Waals surface area contributed by atoms with E-state index in [0.29, 0.717) is 30.5 Å². The van der Waals surface area contributed by atoms with Crippen molar-refractivity contribution in [3.8, 4) is 5.75 Å². The lowest BCUT2D eigenvalue weighted by atomic mass is 10.2. The van der Waals surface area contributed by atoms with Gasteiger partial charge in [-0.15, -0.1) is 0 Å². The third-order valence-electron chi connectivity index (χ3n) is 2.70. The van der Waals surface area contributed by atoms with Gasteiger partial charge >= 0.3 is 0 Å². The van der Waals surface area contributed by atoms with E-state index in [1.165, 1.54) is 0 Å². The maximum absolute atomic E-state index is 11.9. The number of pyridine rings is 1. The molecule has 0 N–H and O–H groups in total. The van der Waals surface area contributed by atoms with Crippen LogP contribution in [0.5, 0.6) is 5.75 Å². The number of alkyl halides is 1. The number of anilines is 1. The Morgan fingerprint density at radius 1 is 1.65 bits per heavy atom. The highest BCUT2D eigenvalue weighted by Gasteiger charge is 2.32. The zero-order valence-electron chi connectivity index (χ0n) is 9.32. The highest BCUT2D eigenvalue weighted by molar-refractivity contribution is 9.10. The molecule has 0 spiro atoms. The van der Waals surface area contributed by atoms with Crippen molar-refractivity contribution in [2.75, 3.05) is 23.9 Å². The molecule has 6 heteroatoms. The standard InChI is InChI=1S/C11H12Br2N2O2/c1-17-9-3-8(13)5-14-11(9)15-6-7(4-12)2-10(15)16/h3,5,7H,2,4,6H2,1H3. The van der Waals surface area contributed by atoms with E-state index >= 15 is 0 Å². The number of nitrogens with zero attached hydrogens (tertiary/aromatic N) is 2. The maximum atomic E-state index is 11.9. The van der Waals surface area contributed by atoms with Crippen molar-refractivity contribution in [1.82, 2.24) is 4.98 Å². The molecule has 1 fully saturated rings. The maximum Gasteiger partial charge on any atom is 0.228 e. The molecule has 0 aromatic carbocycles. The lowest BCUT2D eigenvalue weighted by Gasteiger charge is -2.18. The number of hydrogen-bond donors (Lipinski definition) is 0. The number of methoxy groups -OCH3 is 1. The number of carbonyl (C=O) groups excluding carboxylic acids is 1. The molecule has 0 radical (unpaired) electrons. The van der Waals surface area contributed by atoms with Gasteiger partial charge in [0.25, 0.3) is 0 Å². The monoisotopic (exact) mass is 362 g/mol. The summed E-state index contributed by atoms with van der Waals surface area (Å²) in [6.45, 7) is 0.690. The van der Waals surface area contributed by atoms with Crippen LogP contribution in [0, 0.1) is 5.92 Å². The Balaban J connectivity index is 2.31. The second kappa shape index (κ2) is 5.35. The molecule has 92 valence electrons. The molecule has 4 nitrogen and oxygen atoms in total. The Bertz CT molecular complexity index is 439. The Kier molecular flexibility index (Phi) is 4.04. The second-order valence-corrected chi connectivity index (χ2v) is 5.47. The molecular weight excluding hydrogens is 352 g/mol. The quantitative estimate of drug-likeness (QED) is 0.775. The van der Waals surface area contributed by atoms with Gasteiger partial charge in [-0.25, -0.2) is 4.98 Å². The van der Waals surface area contributed by atoms with E-state index in [9.17, 15) is 4.79 Å². The van der Waals surface area contributed by atoms with Gasteiger partial charge in [0, 0.05) is 29.0 Å². The fraction of sp³-hybridized carbons (Fsp3) is 0.455. The van der Waals surface area contributed by atoms with Crippen LogP contribution < -0.4 is 9.64 Å². The summed E-state index contributed by atoms with van der Waals surface area (Å²) in [5.74, 6) is 1.66. The number of ether oxygens (including phenoxy) is 1. The number of halogens is 2. The number of hydrogen-bond acceptors (Lipinski definition) is 3. The van der Waals surface area contributed by atoms with E-state index < -0.39 is 0 Å². The van der Waals surface area contributed by atoms with E-state index in [0.717, 1.165) is 9.80 Å². The highest BCUT2D eigenvalue weighted by Crippen LogP contribution is 2.33. The summed E-state index contributed by atoms with van der Waals surface area (Å²) in [5, 5.41) is 0.827. The highest BCUT2D eigenvalue weighted by atomic mass is 79.9. The molecule has 1 unspecified atom stereocenters. The number of carbonyl (C=O) groups is 1. The summed E-state index contributed by atoms with van der Waals surface area (Å²) < 4.78 is 6.09. The summed E-state index contributed by atoms with van der Waals surface area (Å²) in [5.41, 5.74) is 0. The molecule has 1 aliphatic heterocycles. The minimum absolute atomic E-state index is 0.0996. The summed E-state index contributed by atoms with van der Waals surface area (Å²) in [7, 11) is 1.58. The zero-order valence-corrected chi connectivity index (χ0v) is 12.5. The molecule has 1 atom stereocenters. The van der Waals surface area contributed by atoms with Gasteiger partial charge in [0.15, 0.2) is 11.6 Å². The third-order valence-corrected chi connectivity index (χ3v) is 4.05. The van der Waals surface area contributed by atoms with E-state index in [-0.39, 0.29) is 5.91 Å². The number of amides is 1. The van der Waals surface area contributed by atoms with E-state index in [2.05, 4.69) is 36.8 Å². The van der Waals surface area contributed by atoms with Crippen molar-refractivity contribution in [2.45, 2.75) is 6.42 Å². The Morgan fingerprint density at radius 2 is 2.41 bits per heavy atom. The Hall–Kier alpha value is -0.620. The largest absolute Gasteiger partial charge is 0.493 e. The van der Waals surface area contributed by atoms with Crippen molar-refractivity contribution >= 4 is 43.6 Å². The molecule has 17 heavy (non-hydrogen) atoms. The first-order valence-corrected chi connectivity index (χ1v) is 7.13. The average molecular weight is 364 g/mol. The van der Waals surface area contributed by atoms with Crippen LogP contribution in [0.3, 0.4) is 0 Å². The molecular formula is C11H12Br2N2O2. The third kappa shape index (κ3) is 2.63. The topological polar surface area (TPSA) is 42.4 Å². The molecule has 1 saturated heterocycles. The van der Waals surface area contributed by atoms with Gasteiger partial charge in [0.1, 0.15) is 0 Å². The SMILES string of the molecule is COc1cc(Br)cnc1N1CC(CBr)CC1=O. The predicted molar refractivity (Wildman–Crippen MR) is 72.7 cm³/mol. The Morgan fingerprint density at radius 3 is 3.00 bits per heavy atom. The van der Waals surface area contributed by atoms with Gasteiger partial charge in [-0.3, -0.25) is 9.69 Å². The van der Waals surface area contributed by atoms with E-state index in [1.54, 1.807) is 18.2 Å². The molecule has 1 amide bonds. The first-order chi connectivity index (χ1) is 8.15. The first kappa shape index (κ1) is 12.8. The van der Waals surface area contributed by atoms with E-state index in [4.69, 9.17) is 4.74 Å². The van der Waals surface area contributed by atoms with Gasteiger partial charge in [0.05, 0.1) is 7.11 Å². The fourth-order valence-electron chi connectivity index (χ4n) is 1.86. The minimum atomic E-state index is 0.0996. The lowest BCUT2D eigenvalue weighted by Crippen LogP contribution is -2.26. The summed E-state index contributed by atoms with van der Waals surface area (Å²) in [4.78, 5) is 17.9. The van der Waals surface area contributed by atoms with Crippen molar-refractivity contribution in [3.05, 3.63) is 16.7 Å². The van der Waals surface area contributed by atoms with Crippen LogP contribution in [0.15, 0.2) is 16.7 Å². The van der Waals surface area contributed by atoms with Gasteiger partial charge in [0.2, 0.25) is 5.91 Å². The average Bonchev–Trinajstić information content (AvgIpc) is 2.70. The summed E-state index contributed by atoms with van der Waals surface area (Å²) in [6.07, 6.45) is 2.23. The van der Waals surface area contributed by atoms with Gasteiger partial charge in [-0.05, 0) is 27.9 Å². The molecule has 2 heterocycles. The van der Waals surface area contributed by atoms with Crippen molar-refractivity contribution < 1.29 is 9.53 Å². The lowest BCUT2D eigenvalue weighted by molar-refractivity contribution is -0.117. The van der Waals surface area contributed by atoms with Crippen molar-refractivity contribution in [3.63, 3.8) is 0 Å². The number of aromatic nitrogens is 1. The van der Waals surface area contributed by atoms with Crippen LogP contribution >= 0.6 is 31.9 Å². The first-order valence-electron chi connectivity index (χ1n) is 5.21. The second-order valence-electron chi connectivity index (χ2n) is 3.91. The zero-order chi connectivity index (χ0) is 12.4. The minimum Gasteiger partial charge on any atom is -0.493 e. The van der Waals surface area contributed by atoms with Crippen molar-refractivity contribution in [1.29, 1.82) is 0 Å². The van der Waals surface area contributed by atoms with Crippen LogP contribution in [0.4, 0.5) is 5.82 Å². The molecule has 0 bridgehead atoms. The predicted octanol–water partition coefficient (Wildman–Crippen LogP) is 2.60. The van der Waals surface area contributed by atoms with E-state index in [1.807, 2.05) is 6.07 Å².